The van der Waals surface area contributed by atoms with Crippen LogP contribution < -0.4 is 5.43 Å². The van der Waals surface area contributed by atoms with Crippen LogP contribution in [0.5, 0.6) is 0 Å². The van der Waals surface area contributed by atoms with Crippen molar-refractivity contribution in [2.24, 2.45) is 5.10 Å². The molecule has 1 heterocycles. The molecule has 6 heteroatoms. The molecular weight excluding hydrogens is 390 g/mol. The maximum absolute atomic E-state index is 12.0. The lowest BCUT2D eigenvalue weighted by atomic mass is 10.2. The Hall–Kier alpha value is -2.50. The smallest absolute Gasteiger partial charge is 0.250 e. The highest BCUT2D eigenvalue weighted by atomic mass is 35.5. The number of amides is 1. The number of carbonyl (C=O) groups excluding carboxylic acids is 1. The van der Waals surface area contributed by atoms with Crippen LogP contribution in [0.2, 0.25) is 5.02 Å². The highest BCUT2D eigenvalue weighted by Crippen LogP contribution is 2.22. The van der Waals surface area contributed by atoms with Crippen molar-refractivity contribution >= 4 is 35.5 Å². The first-order valence-corrected chi connectivity index (χ1v) is 10.5. The lowest BCUT2D eigenvalue weighted by molar-refractivity contribution is -0.118. The van der Waals surface area contributed by atoms with E-state index < -0.39 is 0 Å². The summed E-state index contributed by atoms with van der Waals surface area (Å²) in [5.74, 6) is 1.06. The van der Waals surface area contributed by atoms with Gasteiger partial charge in [-0.1, -0.05) is 48.0 Å². The third kappa shape index (κ3) is 5.27. The van der Waals surface area contributed by atoms with E-state index in [2.05, 4.69) is 27.2 Å². The van der Waals surface area contributed by atoms with Gasteiger partial charge in [-0.05, 0) is 43.7 Å². The van der Waals surface area contributed by atoms with E-state index in [1.807, 2.05) is 62.4 Å². The van der Waals surface area contributed by atoms with Crippen LogP contribution in [0.3, 0.4) is 0 Å². The Balaban J connectivity index is 1.57. The molecule has 0 unspecified atom stereocenters. The molecule has 0 aliphatic carbocycles. The van der Waals surface area contributed by atoms with E-state index in [-0.39, 0.29) is 5.91 Å². The molecule has 3 aromatic rings. The number of halogens is 1. The largest absolute Gasteiger partial charge is 0.318 e. The van der Waals surface area contributed by atoms with E-state index in [0.717, 1.165) is 28.4 Å². The topological polar surface area (TPSA) is 46.4 Å². The molecule has 0 aliphatic rings. The summed E-state index contributed by atoms with van der Waals surface area (Å²) in [7, 11) is 0. The molecule has 1 amide bonds. The fraction of sp³-hybridized carbons (Fsp3) is 0.182. The first-order chi connectivity index (χ1) is 13.5. The number of hydrogen-bond donors (Lipinski definition) is 1. The summed E-state index contributed by atoms with van der Waals surface area (Å²) in [4.78, 5) is 12.0. The number of aromatic nitrogens is 1. The van der Waals surface area contributed by atoms with Crippen molar-refractivity contribution in [2.45, 2.75) is 19.6 Å². The average Bonchev–Trinajstić information content (AvgIpc) is 2.96. The number of thioether (sulfide) groups is 1. The van der Waals surface area contributed by atoms with Gasteiger partial charge < -0.3 is 4.57 Å². The van der Waals surface area contributed by atoms with Gasteiger partial charge in [0.25, 0.3) is 0 Å². The molecule has 0 fully saturated rings. The van der Waals surface area contributed by atoms with Crippen molar-refractivity contribution in [1.82, 2.24) is 9.99 Å². The van der Waals surface area contributed by atoms with Gasteiger partial charge in [-0.2, -0.15) is 5.10 Å². The van der Waals surface area contributed by atoms with Crippen LogP contribution in [0.25, 0.3) is 5.69 Å². The summed E-state index contributed by atoms with van der Waals surface area (Å²) in [6.45, 7) is 4.05. The zero-order valence-corrected chi connectivity index (χ0v) is 17.4. The minimum atomic E-state index is -0.110. The Bertz CT molecular complexity index is 983. The normalized spacial score (nSPS) is 11.1. The predicted molar refractivity (Wildman–Crippen MR) is 119 cm³/mol. The second-order valence-corrected chi connectivity index (χ2v) is 7.84. The number of hydrogen-bond acceptors (Lipinski definition) is 3. The van der Waals surface area contributed by atoms with E-state index in [1.54, 1.807) is 18.0 Å². The van der Waals surface area contributed by atoms with Crippen LogP contribution in [-0.4, -0.2) is 22.4 Å². The van der Waals surface area contributed by atoms with Crippen molar-refractivity contribution in [2.75, 3.05) is 5.75 Å². The molecule has 0 saturated carbocycles. The summed E-state index contributed by atoms with van der Waals surface area (Å²) < 4.78 is 2.12. The molecule has 1 aromatic heterocycles. The second-order valence-electron chi connectivity index (χ2n) is 6.41. The van der Waals surface area contributed by atoms with Gasteiger partial charge in [0.2, 0.25) is 5.91 Å². The van der Waals surface area contributed by atoms with Gasteiger partial charge in [-0.25, -0.2) is 5.43 Å². The SMILES string of the molecule is Cc1cc(/C=N/NC(=O)CSCc2ccccc2)c(C)n1-c1cccc(Cl)c1. The zero-order chi connectivity index (χ0) is 19.9. The maximum Gasteiger partial charge on any atom is 0.250 e. The number of aryl methyl sites for hydroxylation is 1. The van der Waals surface area contributed by atoms with Gasteiger partial charge in [-0.15, -0.1) is 11.8 Å². The maximum atomic E-state index is 12.0. The Kier molecular flexibility index (Phi) is 6.95. The van der Waals surface area contributed by atoms with Gasteiger partial charge in [0, 0.05) is 33.4 Å². The lowest BCUT2D eigenvalue weighted by Gasteiger charge is -2.09. The monoisotopic (exact) mass is 411 g/mol. The van der Waals surface area contributed by atoms with Crippen molar-refractivity contribution in [3.63, 3.8) is 0 Å². The second kappa shape index (κ2) is 9.62. The third-order valence-corrected chi connectivity index (χ3v) is 5.51. The van der Waals surface area contributed by atoms with Gasteiger partial charge in [-0.3, -0.25) is 4.79 Å². The third-order valence-electron chi connectivity index (χ3n) is 4.27. The summed E-state index contributed by atoms with van der Waals surface area (Å²) >= 11 is 7.68. The van der Waals surface area contributed by atoms with E-state index >= 15 is 0 Å². The predicted octanol–water partition coefficient (Wildman–Crippen LogP) is 5.13. The summed E-state index contributed by atoms with van der Waals surface area (Å²) in [5.41, 5.74) is 7.88. The van der Waals surface area contributed by atoms with Gasteiger partial charge >= 0.3 is 0 Å². The van der Waals surface area contributed by atoms with Crippen molar-refractivity contribution in [3.05, 3.63) is 88.2 Å². The number of nitrogens with one attached hydrogen (secondary N) is 1. The quantitative estimate of drug-likeness (QED) is 0.432. The Morgan fingerprint density at radius 3 is 2.68 bits per heavy atom. The molecule has 144 valence electrons. The molecule has 1 N–H and O–H groups in total. The number of nitrogens with zero attached hydrogens (tertiary/aromatic N) is 2. The van der Waals surface area contributed by atoms with Crippen LogP contribution in [0.15, 0.2) is 65.8 Å². The lowest BCUT2D eigenvalue weighted by Crippen LogP contribution is -2.19. The van der Waals surface area contributed by atoms with Crippen LogP contribution in [0, 0.1) is 13.8 Å². The van der Waals surface area contributed by atoms with Gasteiger partial charge in [0.15, 0.2) is 0 Å². The van der Waals surface area contributed by atoms with E-state index in [4.69, 9.17) is 11.6 Å². The van der Waals surface area contributed by atoms with Crippen LogP contribution in [0.4, 0.5) is 0 Å². The molecular formula is C22H22ClN3OS. The molecule has 0 bridgehead atoms. The molecule has 2 aromatic carbocycles. The number of carbonyl (C=O) groups is 1. The van der Waals surface area contributed by atoms with Crippen LogP contribution in [0.1, 0.15) is 22.5 Å². The van der Waals surface area contributed by atoms with E-state index in [1.165, 1.54) is 5.56 Å². The number of rotatable bonds is 7. The average molecular weight is 412 g/mol. The highest BCUT2D eigenvalue weighted by Gasteiger charge is 2.10. The first-order valence-electron chi connectivity index (χ1n) is 8.93. The Morgan fingerprint density at radius 2 is 1.93 bits per heavy atom. The van der Waals surface area contributed by atoms with E-state index in [0.29, 0.717) is 10.8 Å². The number of benzene rings is 2. The van der Waals surface area contributed by atoms with Crippen molar-refractivity contribution < 1.29 is 4.79 Å². The first kappa shape index (κ1) is 20.2. The van der Waals surface area contributed by atoms with Gasteiger partial charge in [0.05, 0.1) is 12.0 Å². The highest BCUT2D eigenvalue weighted by molar-refractivity contribution is 7.99. The van der Waals surface area contributed by atoms with Crippen molar-refractivity contribution in [1.29, 1.82) is 0 Å². The minimum absolute atomic E-state index is 0.110. The summed E-state index contributed by atoms with van der Waals surface area (Å²) in [6, 6.07) is 19.9. The van der Waals surface area contributed by atoms with Crippen LogP contribution in [-0.2, 0) is 10.5 Å². The number of hydrazone groups is 1. The van der Waals surface area contributed by atoms with Crippen LogP contribution >= 0.6 is 23.4 Å². The Morgan fingerprint density at radius 1 is 1.14 bits per heavy atom. The molecule has 0 spiro atoms. The minimum Gasteiger partial charge on any atom is -0.318 e. The molecule has 3 rings (SSSR count). The fourth-order valence-corrected chi connectivity index (χ4v) is 3.94. The molecule has 28 heavy (non-hydrogen) atoms. The molecule has 0 aliphatic heterocycles. The standard InChI is InChI=1S/C22H22ClN3OS/c1-16-11-19(17(2)26(16)21-10-6-9-20(23)12-21)13-24-25-22(27)15-28-14-18-7-4-3-5-8-18/h3-13H,14-15H2,1-2H3,(H,25,27)/b24-13+. The summed E-state index contributed by atoms with van der Waals surface area (Å²) in [6.07, 6.45) is 1.68. The molecule has 4 nitrogen and oxygen atoms in total. The van der Waals surface area contributed by atoms with E-state index in [9.17, 15) is 4.79 Å². The fourth-order valence-electron chi connectivity index (χ4n) is 2.97. The zero-order valence-electron chi connectivity index (χ0n) is 15.9. The van der Waals surface area contributed by atoms with Crippen molar-refractivity contribution in [3.8, 4) is 5.69 Å². The Labute approximate surface area is 174 Å². The van der Waals surface area contributed by atoms with Gasteiger partial charge in [0.1, 0.15) is 0 Å². The molecule has 0 radical (unpaired) electrons. The molecule has 0 atom stereocenters. The summed E-state index contributed by atoms with van der Waals surface area (Å²) in [5, 5.41) is 4.81. The molecule has 0 saturated heterocycles.